The Bertz CT molecular complexity index is 302. The lowest BCUT2D eigenvalue weighted by molar-refractivity contribution is 0.566. The van der Waals surface area contributed by atoms with Crippen molar-refractivity contribution in [2.75, 3.05) is 6.54 Å². The molecule has 0 amide bonds. The van der Waals surface area contributed by atoms with Gasteiger partial charge in [-0.2, -0.15) is 0 Å². The van der Waals surface area contributed by atoms with Crippen molar-refractivity contribution in [3.8, 4) is 0 Å². The summed E-state index contributed by atoms with van der Waals surface area (Å²) in [6.07, 6.45) is 0. The van der Waals surface area contributed by atoms with Crippen LogP contribution in [0.15, 0.2) is 16.6 Å². The average Bonchev–Trinajstić information content (AvgIpc) is 2.12. The molecular formula is C9H10BrF2N. The Morgan fingerprint density at radius 1 is 1.31 bits per heavy atom. The van der Waals surface area contributed by atoms with Crippen LogP contribution in [0.2, 0.25) is 0 Å². The van der Waals surface area contributed by atoms with Gasteiger partial charge >= 0.3 is 0 Å². The quantitative estimate of drug-likeness (QED) is 0.813. The molecule has 0 unspecified atom stereocenters. The van der Waals surface area contributed by atoms with Crippen molar-refractivity contribution >= 4 is 15.9 Å². The van der Waals surface area contributed by atoms with Gasteiger partial charge in [0, 0.05) is 12.1 Å². The molecule has 1 aromatic rings. The Morgan fingerprint density at radius 2 is 1.92 bits per heavy atom. The number of nitrogens with one attached hydrogen (secondary N) is 1. The highest BCUT2D eigenvalue weighted by molar-refractivity contribution is 9.10. The van der Waals surface area contributed by atoms with Crippen LogP contribution in [0, 0.1) is 11.6 Å². The highest BCUT2D eigenvalue weighted by atomic mass is 79.9. The van der Waals surface area contributed by atoms with Crippen molar-refractivity contribution in [3.05, 3.63) is 33.8 Å². The summed E-state index contributed by atoms with van der Waals surface area (Å²) in [5, 5.41) is 2.94. The normalized spacial score (nSPS) is 10.5. The Morgan fingerprint density at radius 3 is 2.54 bits per heavy atom. The van der Waals surface area contributed by atoms with Crippen LogP contribution < -0.4 is 5.32 Å². The maximum absolute atomic E-state index is 13.1. The standard InChI is InChI=1S/C9H10BrF2N/c1-2-13-5-6-7(11)3-4-8(12)9(6)10/h3-4,13H,2,5H2,1H3. The minimum atomic E-state index is -0.436. The van der Waals surface area contributed by atoms with Gasteiger partial charge in [-0.3, -0.25) is 0 Å². The molecule has 0 aliphatic carbocycles. The van der Waals surface area contributed by atoms with E-state index in [0.717, 1.165) is 18.7 Å². The van der Waals surface area contributed by atoms with Gasteiger partial charge in [0.15, 0.2) is 0 Å². The van der Waals surface area contributed by atoms with Gasteiger partial charge in [0.25, 0.3) is 0 Å². The molecule has 13 heavy (non-hydrogen) atoms. The maximum Gasteiger partial charge on any atom is 0.137 e. The van der Waals surface area contributed by atoms with E-state index in [2.05, 4.69) is 21.2 Å². The van der Waals surface area contributed by atoms with Crippen molar-refractivity contribution in [2.45, 2.75) is 13.5 Å². The summed E-state index contributed by atoms with van der Waals surface area (Å²) in [6.45, 7) is 2.97. The van der Waals surface area contributed by atoms with E-state index < -0.39 is 11.6 Å². The lowest BCUT2D eigenvalue weighted by Gasteiger charge is -2.06. The summed E-state index contributed by atoms with van der Waals surface area (Å²) < 4.78 is 26.3. The van der Waals surface area contributed by atoms with E-state index in [1.807, 2.05) is 6.92 Å². The average molecular weight is 250 g/mol. The summed E-state index contributed by atoms with van der Waals surface area (Å²) in [4.78, 5) is 0. The minimum Gasteiger partial charge on any atom is -0.313 e. The molecule has 72 valence electrons. The van der Waals surface area contributed by atoms with Crippen molar-refractivity contribution < 1.29 is 8.78 Å². The first-order valence-corrected chi connectivity index (χ1v) is 4.79. The van der Waals surface area contributed by atoms with Gasteiger partial charge in [0.1, 0.15) is 11.6 Å². The highest BCUT2D eigenvalue weighted by Crippen LogP contribution is 2.22. The fraction of sp³-hybridized carbons (Fsp3) is 0.333. The topological polar surface area (TPSA) is 12.0 Å². The zero-order valence-corrected chi connectivity index (χ0v) is 8.79. The Hall–Kier alpha value is -0.480. The van der Waals surface area contributed by atoms with Crippen LogP contribution in [0.25, 0.3) is 0 Å². The Balaban J connectivity index is 2.96. The van der Waals surface area contributed by atoms with Crippen molar-refractivity contribution in [3.63, 3.8) is 0 Å². The smallest absolute Gasteiger partial charge is 0.137 e. The second-order valence-corrected chi connectivity index (χ2v) is 3.40. The van der Waals surface area contributed by atoms with Crippen LogP contribution >= 0.6 is 15.9 Å². The molecule has 4 heteroatoms. The molecule has 1 rings (SSSR count). The van der Waals surface area contributed by atoms with E-state index >= 15 is 0 Å². The number of rotatable bonds is 3. The molecule has 1 N–H and O–H groups in total. The predicted octanol–water partition coefficient (Wildman–Crippen LogP) is 2.84. The fourth-order valence-corrected chi connectivity index (χ4v) is 1.44. The van der Waals surface area contributed by atoms with Crippen molar-refractivity contribution in [1.82, 2.24) is 5.32 Å². The van der Waals surface area contributed by atoms with Crippen LogP contribution in [-0.4, -0.2) is 6.54 Å². The van der Waals surface area contributed by atoms with Gasteiger partial charge in [-0.1, -0.05) is 6.92 Å². The van der Waals surface area contributed by atoms with Gasteiger partial charge in [-0.05, 0) is 34.6 Å². The third kappa shape index (κ3) is 2.48. The maximum atomic E-state index is 13.1. The van der Waals surface area contributed by atoms with Gasteiger partial charge in [0.05, 0.1) is 4.47 Å². The van der Waals surface area contributed by atoms with Crippen LogP contribution in [0.5, 0.6) is 0 Å². The molecule has 1 aromatic carbocycles. The molecule has 0 heterocycles. The molecule has 0 radical (unpaired) electrons. The van der Waals surface area contributed by atoms with Crippen LogP contribution in [0.3, 0.4) is 0 Å². The van der Waals surface area contributed by atoms with Gasteiger partial charge < -0.3 is 5.32 Å². The Kier molecular flexibility index (Phi) is 3.81. The van der Waals surface area contributed by atoms with Crippen LogP contribution in [-0.2, 0) is 6.54 Å². The number of halogens is 3. The third-order valence-corrected chi connectivity index (χ3v) is 2.55. The molecule has 0 aromatic heterocycles. The molecule has 0 bridgehead atoms. The first kappa shape index (κ1) is 10.6. The Labute approximate surface area is 84.3 Å². The molecule has 0 spiro atoms. The van der Waals surface area contributed by atoms with Gasteiger partial charge in [-0.25, -0.2) is 8.78 Å². The largest absolute Gasteiger partial charge is 0.313 e. The summed E-state index contributed by atoms with van der Waals surface area (Å²) in [7, 11) is 0. The van der Waals surface area contributed by atoms with Crippen molar-refractivity contribution in [2.24, 2.45) is 0 Å². The van der Waals surface area contributed by atoms with Crippen LogP contribution in [0.1, 0.15) is 12.5 Å². The number of hydrogen-bond donors (Lipinski definition) is 1. The zero-order valence-electron chi connectivity index (χ0n) is 7.20. The van der Waals surface area contributed by atoms with E-state index in [-0.39, 0.29) is 4.47 Å². The lowest BCUT2D eigenvalue weighted by atomic mass is 10.2. The molecule has 0 atom stereocenters. The van der Waals surface area contributed by atoms with Crippen molar-refractivity contribution in [1.29, 1.82) is 0 Å². The second-order valence-electron chi connectivity index (χ2n) is 2.60. The molecular weight excluding hydrogens is 240 g/mol. The van der Waals surface area contributed by atoms with Gasteiger partial charge in [0.2, 0.25) is 0 Å². The number of benzene rings is 1. The van der Waals surface area contributed by atoms with E-state index in [0.29, 0.717) is 12.1 Å². The fourth-order valence-electron chi connectivity index (χ4n) is 0.981. The predicted molar refractivity (Wildman–Crippen MR) is 51.4 cm³/mol. The van der Waals surface area contributed by atoms with E-state index in [9.17, 15) is 8.78 Å². The summed E-state index contributed by atoms with van der Waals surface area (Å²) in [5.41, 5.74) is 0.335. The minimum absolute atomic E-state index is 0.202. The van der Waals surface area contributed by atoms with Gasteiger partial charge in [-0.15, -0.1) is 0 Å². The zero-order chi connectivity index (χ0) is 9.84. The van der Waals surface area contributed by atoms with E-state index in [1.165, 1.54) is 0 Å². The summed E-state index contributed by atoms with van der Waals surface area (Å²) >= 11 is 3.01. The van der Waals surface area contributed by atoms with Crippen LogP contribution in [0.4, 0.5) is 8.78 Å². The highest BCUT2D eigenvalue weighted by Gasteiger charge is 2.10. The molecule has 0 aliphatic rings. The van der Waals surface area contributed by atoms with E-state index in [1.54, 1.807) is 0 Å². The molecule has 1 nitrogen and oxygen atoms in total. The first-order valence-electron chi connectivity index (χ1n) is 4.00. The lowest BCUT2D eigenvalue weighted by Crippen LogP contribution is -2.13. The number of hydrogen-bond acceptors (Lipinski definition) is 1. The molecule has 0 fully saturated rings. The third-order valence-electron chi connectivity index (χ3n) is 1.69. The molecule has 0 aliphatic heterocycles. The first-order chi connectivity index (χ1) is 6.16. The monoisotopic (exact) mass is 249 g/mol. The summed E-state index contributed by atoms with van der Waals surface area (Å²) in [6, 6.07) is 2.24. The van der Waals surface area contributed by atoms with E-state index in [4.69, 9.17) is 0 Å². The SMILES string of the molecule is CCNCc1c(F)ccc(F)c1Br. The molecule has 0 saturated heterocycles. The second kappa shape index (κ2) is 4.67. The summed E-state index contributed by atoms with van der Waals surface area (Å²) in [5.74, 6) is -0.830. The molecule has 0 saturated carbocycles.